The van der Waals surface area contributed by atoms with E-state index in [2.05, 4.69) is 19.6 Å². The van der Waals surface area contributed by atoms with Gasteiger partial charge in [-0.15, -0.1) is 9.24 Å². The summed E-state index contributed by atoms with van der Waals surface area (Å²) in [5.41, 5.74) is 0.900. The second kappa shape index (κ2) is 11.5. The predicted octanol–water partition coefficient (Wildman–Crippen LogP) is 4.38. The molecule has 0 spiro atoms. The molecule has 0 bridgehead atoms. The van der Waals surface area contributed by atoms with Gasteiger partial charge in [0.1, 0.15) is 0 Å². The number of hydrogen-bond donors (Lipinski definition) is 3. The van der Waals surface area contributed by atoms with Crippen LogP contribution in [0.5, 0.6) is 17.2 Å². The average Bonchev–Trinajstić information content (AvgIpc) is 2.78. The van der Waals surface area contributed by atoms with Gasteiger partial charge in [0, 0.05) is 18.4 Å². The van der Waals surface area contributed by atoms with Crippen LogP contribution in [0.3, 0.4) is 0 Å². The third-order valence-corrected chi connectivity index (χ3v) is 7.06. The van der Waals surface area contributed by atoms with Gasteiger partial charge >= 0.3 is 7.75 Å². The summed E-state index contributed by atoms with van der Waals surface area (Å²) in [5.74, 6) is 0.821. The molecule has 0 radical (unpaired) electrons. The molecular weight excluding hydrogens is 410 g/mol. The zero-order chi connectivity index (χ0) is 21.3. The first-order valence-electron chi connectivity index (χ1n) is 10.3. The first kappa shape index (κ1) is 24.4. The van der Waals surface area contributed by atoms with Gasteiger partial charge in [0.2, 0.25) is 5.75 Å². The molecule has 166 valence electrons. The van der Waals surface area contributed by atoms with Gasteiger partial charge in [-0.25, -0.2) is 9.65 Å². The Kier molecular flexibility index (Phi) is 9.71. The van der Waals surface area contributed by atoms with Gasteiger partial charge in [-0.1, -0.05) is 38.5 Å². The fourth-order valence-electron chi connectivity index (χ4n) is 3.66. The lowest BCUT2D eigenvalue weighted by Gasteiger charge is -2.31. The van der Waals surface area contributed by atoms with E-state index in [0.717, 1.165) is 18.4 Å². The number of hydrogen-bond acceptors (Lipinski definition) is 5. The minimum Gasteiger partial charge on any atom is -0.493 e. The highest BCUT2D eigenvalue weighted by molar-refractivity contribution is 7.51. The maximum absolute atomic E-state index is 12.6. The van der Waals surface area contributed by atoms with Crippen molar-refractivity contribution in [1.29, 1.82) is 0 Å². The van der Waals surface area contributed by atoms with Crippen molar-refractivity contribution in [1.82, 2.24) is 10.4 Å². The number of rotatable bonds is 9. The summed E-state index contributed by atoms with van der Waals surface area (Å²) in [6, 6.07) is 3.46. The maximum atomic E-state index is 12.6. The predicted molar refractivity (Wildman–Crippen MR) is 120 cm³/mol. The Balaban J connectivity index is 1.91. The zero-order valence-corrected chi connectivity index (χ0v) is 19.9. The molecule has 0 heterocycles. The van der Waals surface area contributed by atoms with E-state index < -0.39 is 7.75 Å². The van der Waals surface area contributed by atoms with Crippen LogP contribution < -0.4 is 24.4 Å². The lowest BCUT2D eigenvalue weighted by Crippen LogP contribution is -2.42. The monoisotopic (exact) mass is 446 g/mol. The molecule has 0 amide bonds. The molecule has 0 aromatic heterocycles. The number of benzene rings is 1. The van der Waals surface area contributed by atoms with Gasteiger partial charge < -0.3 is 24.2 Å². The van der Waals surface area contributed by atoms with Crippen LogP contribution in [0.15, 0.2) is 12.1 Å². The van der Waals surface area contributed by atoms with Crippen LogP contribution in [-0.2, 0) is 4.57 Å². The van der Waals surface area contributed by atoms with Crippen molar-refractivity contribution in [2.75, 3.05) is 27.3 Å². The summed E-state index contributed by atoms with van der Waals surface area (Å²) in [6.07, 6.45) is 9.80. The van der Waals surface area contributed by atoms with Crippen LogP contribution >= 0.6 is 17.0 Å². The summed E-state index contributed by atoms with van der Waals surface area (Å²) in [5, 5.41) is 6.17. The second-order valence-electron chi connectivity index (χ2n) is 7.72. The lowest BCUT2D eigenvalue weighted by atomic mass is 10.0. The molecule has 0 saturated heterocycles. The molecule has 9 heteroatoms. The Morgan fingerprint density at radius 3 is 2.07 bits per heavy atom. The van der Waals surface area contributed by atoms with Gasteiger partial charge in [-0.05, 0) is 37.5 Å². The largest absolute Gasteiger partial charge is 0.493 e. The van der Waals surface area contributed by atoms with Crippen molar-refractivity contribution < 1.29 is 23.5 Å². The highest BCUT2D eigenvalue weighted by Crippen LogP contribution is 2.47. The number of nitrogens with one attached hydrogen (secondary N) is 2. The van der Waals surface area contributed by atoms with Crippen LogP contribution in [0.4, 0.5) is 0 Å². The molecule has 2 unspecified atom stereocenters. The van der Waals surface area contributed by atoms with Crippen molar-refractivity contribution in [2.24, 2.45) is 0 Å². The average molecular weight is 446 g/mol. The number of ether oxygens (including phenoxy) is 2. The molecule has 2 rings (SSSR count). The summed E-state index contributed by atoms with van der Waals surface area (Å²) < 4.78 is 28.5. The highest BCUT2D eigenvalue weighted by atomic mass is 31.2. The minimum absolute atomic E-state index is 0.00425. The van der Waals surface area contributed by atoms with E-state index in [1.165, 1.54) is 52.7 Å². The summed E-state index contributed by atoms with van der Waals surface area (Å²) >= 11 is 0. The molecule has 2 atom stereocenters. The standard InChI is InChI=1S/C20H36N2O5P2/c1-16-14-17(25-2)19(18(15-16)26-3)27-29(23,24)22-13-12-21-20(28)10-8-6-4-5-7-9-11-20/h14-15,21H,4-13,28H2,1-3H3,(H2,22,23,24). The number of methoxy groups -OCH3 is 2. The Hall–Kier alpha value is -0.840. The summed E-state index contributed by atoms with van der Waals surface area (Å²) in [6.45, 7) is 2.76. The van der Waals surface area contributed by atoms with E-state index in [-0.39, 0.29) is 11.0 Å². The van der Waals surface area contributed by atoms with E-state index in [0.29, 0.717) is 24.6 Å². The van der Waals surface area contributed by atoms with Crippen LogP contribution in [0, 0.1) is 6.92 Å². The third-order valence-electron chi connectivity index (χ3n) is 5.23. The maximum Gasteiger partial charge on any atom is 0.456 e. The molecule has 3 N–H and O–H groups in total. The molecule has 1 aromatic carbocycles. The van der Waals surface area contributed by atoms with Gasteiger partial charge in [0.05, 0.1) is 14.2 Å². The smallest absolute Gasteiger partial charge is 0.456 e. The van der Waals surface area contributed by atoms with E-state index in [1.54, 1.807) is 12.1 Å². The molecule has 1 aromatic rings. The molecule has 7 nitrogen and oxygen atoms in total. The van der Waals surface area contributed by atoms with Crippen LogP contribution in [0.1, 0.15) is 56.9 Å². The Labute approximate surface area is 177 Å². The second-order valence-corrected chi connectivity index (χ2v) is 10.4. The Bertz CT molecular complexity index is 666. The van der Waals surface area contributed by atoms with Crippen LogP contribution in [-0.4, -0.2) is 37.5 Å². The quantitative estimate of drug-likeness (QED) is 0.383. The van der Waals surface area contributed by atoms with Gasteiger partial charge in [0.25, 0.3) is 0 Å². The fourth-order valence-corrected chi connectivity index (χ4v) is 5.09. The molecule has 1 aliphatic rings. The van der Waals surface area contributed by atoms with Crippen LogP contribution in [0.25, 0.3) is 0 Å². The zero-order valence-electron chi connectivity index (χ0n) is 17.8. The molecule has 1 fully saturated rings. The van der Waals surface area contributed by atoms with Crippen molar-refractivity contribution >= 4 is 17.0 Å². The first-order valence-corrected chi connectivity index (χ1v) is 12.5. The van der Waals surface area contributed by atoms with E-state index in [1.807, 2.05) is 6.92 Å². The van der Waals surface area contributed by atoms with Crippen molar-refractivity contribution in [3.63, 3.8) is 0 Å². The van der Waals surface area contributed by atoms with Gasteiger partial charge in [-0.2, -0.15) is 0 Å². The molecule has 1 aliphatic carbocycles. The molecule has 1 saturated carbocycles. The lowest BCUT2D eigenvalue weighted by molar-refractivity contribution is 0.323. The fraction of sp³-hybridized carbons (Fsp3) is 0.700. The molecule has 29 heavy (non-hydrogen) atoms. The first-order chi connectivity index (χ1) is 13.8. The Morgan fingerprint density at radius 1 is 1.03 bits per heavy atom. The summed E-state index contributed by atoms with van der Waals surface area (Å²) in [4.78, 5) is 10.3. The molecule has 0 aliphatic heterocycles. The van der Waals surface area contributed by atoms with Gasteiger partial charge in [-0.3, -0.25) is 0 Å². The van der Waals surface area contributed by atoms with Gasteiger partial charge in [0.15, 0.2) is 11.5 Å². The van der Waals surface area contributed by atoms with Crippen molar-refractivity contribution in [3.05, 3.63) is 17.7 Å². The van der Waals surface area contributed by atoms with E-state index in [4.69, 9.17) is 14.0 Å². The molecular formula is C20H36N2O5P2. The Morgan fingerprint density at radius 2 is 1.55 bits per heavy atom. The number of aryl methyl sites for hydroxylation is 1. The minimum atomic E-state index is -4.08. The normalized spacial score (nSPS) is 19.3. The summed E-state index contributed by atoms with van der Waals surface area (Å²) in [7, 11) is 1.85. The van der Waals surface area contributed by atoms with Crippen molar-refractivity contribution in [3.8, 4) is 17.2 Å². The highest BCUT2D eigenvalue weighted by Gasteiger charge is 2.27. The van der Waals surface area contributed by atoms with Crippen LogP contribution in [0.2, 0.25) is 0 Å². The van der Waals surface area contributed by atoms with Crippen molar-refractivity contribution in [2.45, 2.75) is 63.6 Å². The van der Waals surface area contributed by atoms with E-state index in [9.17, 15) is 9.46 Å². The SMILES string of the molecule is COc1cc(C)cc(OC)c1OP(=O)(O)NCCNC1(P)CCCCCCCC1. The van der Waals surface area contributed by atoms with E-state index >= 15 is 0 Å². The topological polar surface area (TPSA) is 89.1 Å². The third kappa shape index (κ3) is 8.07.